The largest absolute Gasteiger partial charge is 0.394 e. The van der Waals surface area contributed by atoms with Gasteiger partial charge in [-0.2, -0.15) is 0 Å². The average molecular weight is 195 g/mol. The molecule has 1 aromatic carbocycles. The number of aliphatic hydroxyl groups is 2. The van der Waals surface area contributed by atoms with Gasteiger partial charge in [-0.1, -0.05) is 30.3 Å². The van der Waals surface area contributed by atoms with Crippen LogP contribution in [0.3, 0.4) is 0 Å². The Bertz CT molecular complexity index is 251. The first kappa shape index (κ1) is 11.2. The third kappa shape index (κ3) is 3.46. The van der Waals surface area contributed by atoms with Crippen molar-refractivity contribution in [3.8, 4) is 0 Å². The second kappa shape index (κ2) is 5.75. The number of aliphatic hydroxyl groups excluding tert-OH is 2. The monoisotopic (exact) mass is 195 g/mol. The molecule has 1 rings (SSSR count). The molecule has 0 fully saturated rings. The van der Waals surface area contributed by atoms with E-state index in [2.05, 4.69) is 5.32 Å². The summed E-state index contributed by atoms with van der Waals surface area (Å²) < 4.78 is 0. The molecule has 0 aliphatic carbocycles. The Balaban J connectivity index is 2.34. The molecule has 0 saturated heterocycles. The lowest BCUT2D eigenvalue weighted by Crippen LogP contribution is -2.38. The van der Waals surface area contributed by atoms with Gasteiger partial charge in [-0.25, -0.2) is 0 Å². The van der Waals surface area contributed by atoms with Gasteiger partial charge in [0.15, 0.2) is 0 Å². The summed E-state index contributed by atoms with van der Waals surface area (Å²) in [6.45, 7) is 2.35. The highest BCUT2D eigenvalue weighted by atomic mass is 16.3. The maximum absolute atomic E-state index is 9.29. The van der Waals surface area contributed by atoms with Gasteiger partial charge in [0.25, 0.3) is 0 Å². The van der Waals surface area contributed by atoms with Gasteiger partial charge in [0, 0.05) is 12.6 Å². The molecular formula is C11H17NO2. The molecule has 0 aliphatic heterocycles. The summed E-state index contributed by atoms with van der Waals surface area (Å²) in [4.78, 5) is 0. The van der Waals surface area contributed by atoms with Crippen molar-refractivity contribution in [2.24, 2.45) is 0 Å². The Kier molecular flexibility index (Phi) is 4.59. The van der Waals surface area contributed by atoms with Crippen LogP contribution in [0.5, 0.6) is 0 Å². The Morgan fingerprint density at radius 2 is 1.93 bits per heavy atom. The van der Waals surface area contributed by atoms with E-state index in [4.69, 9.17) is 5.11 Å². The van der Waals surface area contributed by atoms with E-state index in [9.17, 15) is 5.11 Å². The molecule has 0 saturated carbocycles. The minimum Gasteiger partial charge on any atom is -0.394 e. The second-order valence-electron chi connectivity index (χ2n) is 3.41. The maximum atomic E-state index is 9.29. The zero-order chi connectivity index (χ0) is 10.4. The van der Waals surface area contributed by atoms with Crippen molar-refractivity contribution in [3.63, 3.8) is 0 Å². The van der Waals surface area contributed by atoms with E-state index in [1.54, 1.807) is 0 Å². The minimum atomic E-state index is -0.696. The normalized spacial score (nSPS) is 15.1. The van der Waals surface area contributed by atoms with Crippen molar-refractivity contribution in [2.45, 2.75) is 25.6 Å². The molecular weight excluding hydrogens is 178 g/mol. The molecule has 14 heavy (non-hydrogen) atoms. The van der Waals surface area contributed by atoms with Gasteiger partial charge in [0.1, 0.15) is 0 Å². The van der Waals surface area contributed by atoms with Gasteiger partial charge < -0.3 is 15.5 Å². The zero-order valence-electron chi connectivity index (χ0n) is 8.35. The Morgan fingerprint density at radius 3 is 2.50 bits per heavy atom. The lowest BCUT2D eigenvalue weighted by Gasteiger charge is -2.18. The molecule has 78 valence electrons. The summed E-state index contributed by atoms with van der Waals surface area (Å²) in [5.41, 5.74) is 1.17. The van der Waals surface area contributed by atoms with Crippen molar-refractivity contribution in [1.82, 2.24) is 5.32 Å². The number of benzene rings is 1. The van der Waals surface area contributed by atoms with Crippen molar-refractivity contribution < 1.29 is 10.2 Å². The van der Waals surface area contributed by atoms with E-state index in [1.165, 1.54) is 5.56 Å². The highest BCUT2D eigenvalue weighted by Gasteiger charge is 2.11. The fraction of sp³-hybridized carbons (Fsp3) is 0.455. The van der Waals surface area contributed by atoms with E-state index in [-0.39, 0.29) is 12.6 Å². The Morgan fingerprint density at radius 1 is 1.29 bits per heavy atom. The van der Waals surface area contributed by atoms with Crippen LogP contribution in [0.2, 0.25) is 0 Å². The summed E-state index contributed by atoms with van der Waals surface area (Å²) in [5, 5.41) is 21.1. The molecule has 0 heterocycles. The molecule has 0 amide bonds. The van der Waals surface area contributed by atoms with Gasteiger partial charge in [-0.3, -0.25) is 0 Å². The lowest BCUT2D eigenvalue weighted by atomic mass is 10.1. The van der Waals surface area contributed by atoms with Gasteiger partial charge >= 0.3 is 0 Å². The van der Waals surface area contributed by atoms with Gasteiger partial charge in [0.05, 0.1) is 12.7 Å². The van der Waals surface area contributed by atoms with Crippen molar-refractivity contribution in [3.05, 3.63) is 35.9 Å². The highest BCUT2D eigenvalue weighted by Crippen LogP contribution is 1.99. The molecule has 0 radical (unpaired) electrons. The van der Waals surface area contributed by atoms with Crippen molar-refractivity contribution in [1.29, 1.82) is 0 Å². The molecule has 0 spiro atoms. The number of hydrogen-bond donors (Lipinski definition) is 3. The fourth-order valence-corrected chi connectivity index (χ4v) is 1.17. The van der Waals surface area contributed by atoms with E-state index in [0.717, 1.165) is 0 Å². The summed E-state index contributed by atoms with van der Waals surface area (Å²) >= 11 is 0. The molecule has 0 bridgehead atoms. The number of rotatable bonds is 5. The smallest absolute Gasteiger partial charge is 0.0920 e. The number of hydrogen-bond acceptors (Lipinski definition) is 3. The lowest BCUT2D eigenvalue weighted by molar-refractivity contribution is 0.0675. The van der Waals surface area contributed by atoms with Crippen LogP contribution in [0.4, 0.5) is 0 Å². The van der Waals surface area contributed by atoms with Crippen LogP contribution >= 0.6 is 0 Å². The predicted molar refractivity (Wildman–Crippen MR) is 55.8 cm³/mol. The molecule has 0 aliphatic rings. The quantitative estimate of drug-likeness (QED) is 0.642. The first-order chi connectivity index (χ1) is 6.74. The first-order valence-electron chi connectivity index (χ1n) is 4.80. The van der Waals surface area contributed by atoms with Crippen LogP contribution in [0.25, 0.3) is 0 Å². The van der Waals surface area contributed by atoms with Crippen LogP contribution in [0.15, 0.2) is 30.3 Å². The van der Waals surface area contributed by atoms with E-state index in [0.29, 0.717) is 6.54 Å². The van der Waals surface area contributed by atoms with E-state index in [1.807, 2.05) is 37.3 Å². The molecule has 3 N–H and O–H groups in total. The van der Waals surface area contributed by atoms with Crippen molar-refractivity contribution in [2.75, 3.05) is 6.61 Å². The summed E-state index contributed by atoms with van der Waals surface area (Å²) in [7, 11) is 0. The molecule has 3 heteroatoms. The molecule has 2 atom stereocenters. The summed E-state index contributed by atoms with van der Waals surface area (Å²) in [5.74, 6) is 0. The van der Waals surface area contributed by atoms with Crippen LogP contribution in [0.1, 0.15) is 12.5 Å². The van der Waals surface area contributed by atoms with E-state index < -0.39 is 6.10 Å². The average Bonchev–Trinajstić information content (AvgIpc) is 2.26. The predicted octanol–water partition coefficient (Wildman–Crippen LogP) is 0.518. The topological polar surface area (TPSA) is 52.5 Å². The second-order valence-corrected chi connectivity index (χ2v) is 3.41. The zero-order valence-corrected chi connectivity index (χ0v) is 8.35. The van der Waals surface area contributed by atoms with E-state index >= 15 is 0 Å². The third-order valence-electron chi connectivity index (χ3n) is 2.24. The summed E-state index contributed by atoms with van der Waals surface area (Å²) in [6, 6.07) is 9.86. The third-order valence-corrected chi connectivity index (χ3v) is 2.24. The summed E-state index contributed by atoms with van der Waals surface area (Å²) in [6.07, 6.45) is -0.696. The molecule has 3 nitrogen and oxygen atoms in total. The fourth-order valence-electron chi connectivity index (χ4n) is 1.17. The standard InChI is InChI=1S/C11H17NO2/c1-9(11(14)8-13)12-7-10-5-3-2-4-6-10/h2-6,9,11-14H,7-8H2,1H3/t9-,11+/m1/s1. The van der Waals surface area contributed by atoms with Crippen LogP contribution in [-0.4, -0.2) is 29.0 Å². The van der Waals surface area contributed by atoms with Crippen LogP contribution < -0.4 is 5.32 Å². The van der Waals surface area contributed by atoms with Crippen LogP contribution in [0, 0.1) is 0 Å². The molecule has 0 unspecified atom stereocenters. The molecule has 0 aromatic heterocycles. The maximum Gasteiger partial charge on any atom is 0.0920 e. The number of nitrogens with one attached hydrogen (secondary N) is 1. The van der Waals surface area contributed by atoms with Gasteiger partial charge in [-0.15, -0.1) is 0 Å². The molecule has 1 aromatic rings. The first-order valence-corrected chi connectivity index (χ1v) is 4.80. The SMILES string of the molecule is C[C@@H](NCc1ccccc1)[C@@H](O)CO. The van der Waals surface area contributed by atoms with Crippen LogP contribution in [-0.2, 0) is 6.54 Å². The Labute approximate surface area is 84.4 Å². The van der Waals surface area contributed by atoms with Crippen molar-refractivity contribution >= 4 is 0 Å². The highest BCUT2D eigenvalue weighted by molar-refractivity contribution is 5.14. The minimum absolute atomic E-state index is 0.0970. The van der Waals surface area contributed by atoms with Gasteiger partial charge in [0.2, 0.25) is 0 Å². The Hall–Kier alpha value is -0.900. The van der Waals surface area contributed by atoms with Gasteiger partial charge in [-0.05, 0) is 12.5 Å².